The zero-order chi connectivity index (χ0) is 20.5. The summed E-state index contributed by atoms with van der Waals surface area (Å²) >= 11 is 0. The van der Waals surface area contributed by atoms with E-state index >= 15 is 0 Å². The third-order valence-corrected chi connectivity index (χ3v) is 6.62. The second-order valence-electron chi connectivity index (χ2n) is 7.08. The Morgan fingerprint density at radius 2 is 1.93 bits per heavy atom. The molecule has 1 fully saturated rings. The summed E-state index contributed by atoms with van der Waals surface area (Å²) < 4.78 is 23.6. The zero-order valence-electron chi connectivity index (χ0n) is 15.8. The van der Waals surface area contributed by atoms with Gasteiger partial charge in [-0.3, -0.25) is 4.79 Å². The number of sulfone groups is 1. The molecular weight excluding hydrogens is 382 g/mol. The summed E-state index contributed by atoms with van der Waals surface area (Å²) in [6.07, 6.45) is 5.16. The second kappa shape index (κ2) is 7.75. The number of rotatable bonds is 5. The van der Waals surface area contributed by atoms with Crippen molar-refractivity contribution in [1.29, 1.82) is 0 Å². The summed E-state index contributed by atoms with van der Waals surface area (Å²) in [5.74, 6) is -0.796. The SMILES string of the molecule is CC(C(=O)N1CCCCC1c1ncc(-c2ccc(C(=O)O)cc2)[nH]1)S(C)(=O)=O. The van der Waals surface area contributed by atoms with Crippen molar-refractivity contribution in [1.82, 2.24) is 14.9 Å². The Hall–Kier alpha value is -2.68. The topological polar surface area (TPSA) is 120 Å². The number of carboxylic acid groups (broad SMARTS) is 1. The minimum atomic E-state index is -3.48. The number of likely N-dealkylation sites (tertiary alicyclic amines) is 1. The highest BCUT2D eigenvalue weighted by atomic mass is 32.2. The van der Waals surface area contributed by atoms with Crippen molar-refractivity contribution in [3.8, 4) is 11.3 Å². The minimum Gasteiger partial charge on any atom is -0.478 e. The number of piperidine rings is 1. The summed E-state index contributed by atoms with van der Waals surface area (Å²) in [6, 6.07) is 6.11. The van der Waals surface area contributed by atoms with Crippen LogP contribution in [0.15, 0.2) is 30.5 Å². The maximum atomic E-state index is 12.8. The van der Waals surface area contributed by atoms with Gasteiger partial charge in [-0.1, -0.05) is 12.1 Å². The summed E-state index contributed by atoms with van der Waals surface area (Å²) in [4.78, 5) is 33.0. The number of benzene rings is 1. The maximum absolute atomic E-state index is 12.8. The average Bonchev–Trinajstić information content (AvgIpc) is 3.16. The lowest BCUT2D eigenvalue weighted by atomic mass is 10.0. The van der Waals surface area contributed by atoms with E-state index in [2.05, 4.69) is 9.97 Å². The van der Waals surface area contributed by atoms with Crippen molar-refractivity contribution in [2.75, 3.05) is 12.8 Å². The van der Waals surface area contributed by atoms with Crippen LogP contribution in [0, 0.1) is 0 Å². The van der Waals surface area contributed by atoms with Crippen LogP contribution in [0.4, 0.5) is 0 Å². The first-order chi connectivity index (χ1) is 13.2. The lowest BCUT2D eigenvalue weighted by molar-refractivity contribution is -0.134. The Labute approximate surface area is 163 Å². The molecule has 1 saturated heterocycles. The van der Waals surface area contributed by atoms with Crippen LogP contribution in [-0.4, -0.2) is 58.3 Å². The molecule has 2 heterocycles. The molecule has 0 saturated carbocycles. The van der Waals surface area contributed by atoms with Crippen LogP contribution in [0.3, 0.4) is 0 Å². The van der Waals surface area contributed by atoms with Crippen LogP contribution in [-0.2, 0) is 14.6 Å². The fourth-order valence-electron chi connectivity index (χ4n) is 3.34. The molecule has 1 amide bonds. The molecule has 2 aromatic rings. The van der Waals surface area contributed by atoms with Crippen molar-refractivity contribution in [2.24, 2.45) is 0 Å². The van der Waals surface area contributed by atoms with Gasteiger partial charge >= 0.3 is 5.97 Å². The number of nitrogens with zero attached hydrogens (tertiary/aromatic N) is 2. The molecule has 150 valence electrons. The Balaban J connectivity index is 1.85. The lowest BCUT2D eigenvalue weighted by Crippen LogP contribution is -2.45. The van der Waals surface area contributed by atoms with E-state index in [1.165, 1.54) is 19.1 Å². The van der Waals surface area contributed by atoms with E-state index in [4.69, 9.17) is 5.11 Å². The highest BCUT2D eigenvalue weighted by Gasteiger charge is 2.35. The molecule has 0 aliphatic carbocycles. The average molecular weight is 405 g/mol. The number of aromatic nitrogens is 2. The summed E-state index contributed by atoms with van der Waals surface area (Å²) in [5.41, 5.74) is 1.69. The van der Waals surface area contributed by atoms with Crippen molar-refractivity contribution in [3.63, 3.8) is 0 Å². The third-order valence-electron chi connectivity index (χ3n) is 5.13. The van der Waals surface area contributed by atoms with Gasteiger partial charge in [-0.05, 0) is 43.9 Å². The number of H-pyrrole nitrogens is 1. The number of amides is 1. The van der Waals surface area contributed by atoms with E-state index < -0.39 is 27.0 Å². The van der Waals surface area contributed by atoms with Crippen molar-refractivity contribution < 1.29 is 23.1 Å². The number of aromatic amines is 1. The molecule has 1 aromatic carbocycles. The Bertz CT molecular complexity index is 981. The number of carbonyl (C=O) groups excluding carboxylic acids is 1. The number of hydrogen-bond donors (Lipinski definition) is 2. The van der Waals surface area contributed by atoms with Crippen LogP contribution in [0.1, 0.15) is 48.4 Å². The number of hydrogen-bond acceptors (Lipinski definition) is 5. The first-order valence-corrected chi connectivity index (χ1v) is 11.0. The van der Waals surface area contributed by atoms with Gasteiger partial charge in [0.1, 0.15) is 11.1 Å². The van der Waals surface area contributed by atoms with Gasteiger partial charge in [0.15, 0.2) is 9.84 Å². The quantitative estimate of drug-likeness (QED) is 0.787. The van der Waals surface area contributed by atoms with Crippen molar-refractivity contribution >= 4 is 21.7 Å². The molecule has 0 spiro atoms. The maximum Gasteiger partial charge on any atom is 0.335 e. The lowest BCUT2D eigenvalue weighted by Gasteiger charge is -2.35. The molecule has 2 unspecified atom stereocenters. The van der Waals surface area contributed by atoms with Crippen LogP contribution in [0.5, 0.6) is 0 Å². The predicted octanol–water partition coefficient (Wildman–Crippen LogP) is 2.26. The van der Waals surface area contributed by atoms with E-state index in [1.54, 1.807) is 23.2 Å². The minimum absolute atomic E-state index is 0.197. The molecule has 1 aromatic heterocycles. The van der Waals surface area contributed by atoms with Crippen LogP contribution in [0.2, 0.25) is 0 Å². The summed E-state index contributed by atoms with van der Waals surface area (Å²) in [6.45, 7) is 1.91. The number of imidazole rings is 1. The fourth-order valence-corrected chi connectivity index (χ4v) is 3.84. The van der Waals surface area contributed by atoms with Gasteiger partial charge in [0.25, 0.3) is 0 Å². The molecule has 3 rings (SSSR count). The van der Waals surface area contributed by atoms with Crippen LogP contribution in [0.25, 0.3) is 11.3 Å². The molecule has 0 bridgehead atoms. The van der Waals surface area contributed by atoms with E-state index in [-0.39, 0.29) is 11.6 Å². The molecule has 8 nitrogen and oxygen atoms in total. The smallest absolute Gasteiger partial charge is 0.335 e. The zero-order valence-corrected chi connectivity index (χ0v) is 16.6. The number of carboxylic acids is 1. The van der Waals surface area contributed by atoms with Gasteiger partial charge < -0.3 is 15.0 Å². The van der Waals surface area contributed by atoms with E-state index in [1.807, 2.05) is 0 Å². The van der Waals surface area contributed by atoms with Crippen molar-refractivity contribution in [2.45, 2.75) is 37.5 Å². The normalized spacial score (nSPS) is 18.6. The van der Waals surface area contributed by atoms with Gasteiger partial charge in [0.2, 0.25) is 5.91 Å². The first kappa shape index (κ1) is 20.1. The molecular formula is C19H23N3O5S. The Morgan fingerprint density at radius 1 is 1.25 bits per heavy atom. The van der Waals surface area contributed by atoms with Gasteiger partial charge in [-0.2, -0.15) is 0 Å². The Kier molecular flexibility index (Phi) is 5.55. The standard InChI is InChI=1S/C19H23N3O5S/c1-12(28(2,26)27)18(23)22-10-4-3-5-16(22)17-20-11-15(21-17)13-6-8-14(9-7-13)19(24)25/h6-9,11-12,16H,3-5,10H2,1-2H3,(H,20,21)(H,24,25). The van der Waals surface area contributed by atoms with Crippen LogP contribution >= 0.6 is 0 Å². The van der Waals surface area contributed by atoms with E-state index in [0.29, 0.717) is 24.5 Å². The van der Waals surface area contributed by atoms with Crippen molar-refractivity contribution in [3.05, 3.63) is 41.9 Å². The first-order valence-electron chi connectivity index (χ1n) is 9.06. The number of carbonyl (C=O) groups is 2. The molecule has 28 heavy (non-hydrogen) atoms. The monoisotopic (exact) mass is 405 g/mol. The van der Waals surface area contributed by atoms with Gasteiger partial charge in [0, 0.05) is 12.8 Å². The molecule has 0 radical (unpaired) electrons. The van der Waals surface area contributed by atoms with E-state index in [0.717, 1.165) is 24.7 Å². The summed E-state index contributed by atoms with van der Waals surface area (Å²) in [5, 5.41) is 7.91. The third kappa shape index (κ3) is 4.09. The summed E-state index contributed by atoms with van der Waals surface area (Å²) in [7, 11) is -3.48. The molecule has 2 atom stereocenters. The Morgan fingerprint density at radius 3 is 2.54 bits per heavy atom. The second-order valence-corrected chi connectivity index (χ2v) is 9.45. The number of nitrogens with one attached hydrogen (secondary N) is 1. The molecule has 9 heteroatoms. The van der Waals surface area contributed by atoms with Gasteiger partial charge in [0.05, 0.1) is 23.5 Å². The molecule has 2 N–H and O–H groups in total. The van der Waals surface area contributed by atoms with Crippen LogP contribution < -0.4 is 0 Å². The molecule has 1 aliphatic rings. The predicted molar refractivity (Wildman–Crippen MR) is 104 cm³/mol. The largest absolute Gasteiger partial charge is 0.478 e. The van der Waals surface area contributed by atoms with E-state index in [9.17, 15) is 18.0 Å². The fraction of sp³-hybridized carbons (Fsp3) is 0.421. The highest BCUT2D eigenvalue weighted by molar-refractivity contribution is 7.92. The highest BCUT2D eigenvalue weighted by Crippen LogP contribution is 2.31. The molecule has 1 aliphatic heterocycles. The van der Waals surface area contributed by atoms with Gasteiger partial charge in [-0.25, -0.2) is 18.2 Å². The number of aromatic carboxylic acids is 1. The van der Waals surface area contributed by atoms with Gasteiger partial charge in [-0.15, -0.1) is 0 Å².